The van der Waals surface area contributed by atoms with Gasteiger partial charge in [0.25, 0.3) is 10.2 Å². The lowest BCUT2D eigenvalue weighted by Gasteiger charge is -2.12. The van der Waals surface area contributed by atoms with Gasteiger partial charge in [0.2, 0.25) is 0 Å². The molecule has 1 rings (SSSR count). The van der Waals surface area contributed by atoms with Crippen molar-refractivity contribution in [1.29, 1.82) is 0 Å². The molecule has 0 aliphatic carbocycles. The first-order valence-electron chi connectivity index (χ1n) is 4.37. The number of nitrogens with two attached hydrogens (primary N) is 1. The molecule has 0 atom stereocenters. The van der Waals surface area contributed by atoms with E-state index in [0.29, 0.717) is 22.4 Å². The third kappa shape index (κ3) is 3.62. The highest BCUT2D eigenvalue weighted by Gasteiger charge is 2.13. The van der Waals surface area contributed by atoms with Crippen molar-refractivity contribution in [2.24, 2.45) is 0 Å². The van der Waals surface area contributed by atoms with Crippen LogP contribution in [0.25, 0.3) is 0 Å². The number of nitrogen functional groups attached to an aromatic ring is 1. The van der Waals surface area contributed by atoms with Crippen molar-refractivity contribution in [3.63, 3.8) is 0 Å². The van der Waals surface area contributed by atoms with E-state index in [1.807, 2.05) is 0 Å². The molecule has 0 radical (unpaired) electrons. The summed E-state index contributed by atoms with van der Waals surface area (Å²) in [5, 5.41) is 0. The largest absolute Gasteiger partial charge is 0.397 e. The smallest absolute Gasteiger partial charge is 0.299 e. The molecule has 0 aromatic heterocycles. The normalized spacial score (nSPS) is 11.4. The molecule has 5 nitrogen and oxygen atoms in total. The molecular formula is C8H11Br2N3O2S. The highest BCUT2D eigenvalue weighted by atomic mass is 79.9. The van der Waals surface area contributed by atoms with Crippen LogP contribution in [0.5, 0.6) is 0 Å². The Morgan fingerprint density at radius 2 is 2.00 bits per heavy atom. The van der Waals surface area contributed by atoms with Gasteiger partial charge in [-0.3, -0.25) is 4.72 Å². The van der Waals surface area contributed by atoms with Gasteiger partial charge < -0.3 is 5.73 Å². The SMILES string of the molecule is CCNS(=O)(=O)Nc1c(N)cc(Br)cc1Br. The fourth-order valence-corrected chi connectivity index (χ4v) is 3.50. The van der Waals surface area contributed by atoms with Gasteiger partial charge in [0.05, 0.1) is 11.4 Å². The number of hydrogen-bond acceptors (Lipinski definition) is 3. The molecule has 0 saturated heterocycles. The van der Waals surface area contributed by atoms with E-state index in [9.17, 15) is 8.42 Å². The van der Waals surface area contributed by atoms with Crippen LogP contribution in [0.2, 0.25) is 0 Å². The Hall–Kier alpha value is -0.310. The van der Waals surface area contributed by atoms with Crippen molar-refractivity contribution in [3.8, 4) is 0 Å². The van der Waals surface area contributed by atoms with Gasteiger partial charge in [-0.05, 0) is 28.1 Å². The predicted molar refractivity (Wildman–Crippen MR) is 72.5 cm³/mol. The van der Waals surface area contributed by atoms with Crippen molar-refractivity contribution in [3.05, 3.63) is 21.1 Å². The summed E-state index contributed by atoms with van der Waals surface area (Å²) < 4.78 is 29.0. The van der Waals surface area contributed by atoms with Gasteiger partial charge in [-0.25, -0.2) is 0 Å². The molecule has 8 heteroatoms. The van der Waals surface area contributed by atoms with Crippen LogP contribution in [0.4, 0.5) is 11.4 Å². The van der Waals surface area contributed by atoms with Crippen LogP contribution in [0.1, 0.15) is 6.92 Å². The van der Waals surface area contributed by atoms with Gasteiger partial charge in [-0.2, -0.15) is 13.1 Å². The van der Waals surface area contributed by atoms with Crippen LogP contribution in [0.3, 0.4) is 0 Å². The predicted octanol–water partition coefficient (Wildman–Crippen LogP) is 2.06. The lowest BCUT2D eigenvalue weighted by molar-refractivity contribution is 0.589. The highest BCUT2D eigenvalue weighted by Crippen LogP contribution is 2.32. The summed E-state index contributed by atoms with van der Waals surface area (Å²) in [6.07, 6.45) is 0. The van der Waals surface area contributed by atoms with E-state index in [0.717, 1.165) is 4.47 Å². The van der Waals surface area contributed by atoms with Gasteiger partial charge in [-0.1, -0.05) is 22.9 Å². The summed E-state index contributed by atoms with van der Waals surface area (Å²) >= 11 is 6.49. The zero-order valence-electron chi connectivity index (χ0n) is 8.42. The maximum absolute atomic E-state index is 11.5. The molecule has 1 aromatic carbocycles. The Kier molecular flexibility index (Phi) is 4.60. The topological polar surface area (TPSA) is 84.2 Å². The van der Waals surface area contributed by atoms with Crippen molar-refractivity contribution in [2.75, 3.05) is 17.0 Å². The summed E-state index contributed by atoms with van der Waals surface area (Å²) in [6, 6.07) is 3.33. The second-order valence-electron chi connectivity index (χ2n) is 2.96. The van der Waals surface area contributed by atoms with Gasteiger partial charge in [0.1, 0.15) is 0 Å². The van der Waals surface area contributed by atoms with Crippen LogP contribution in [-0.2, 0) is 10.2 Å². The Labute approximate surface area is 111 Å². The Bertz CT molecular complexity index is 467. The maximum atomic E-state index is 11.5. The number of rotatable bonds is 4. The minimum absolute atomic E-state index is 0.309. The summed E-state index contributed by atoms with van der Waals surface area (Å²) in [5.41, 5.74) is 6.37. The minimum atomic E-state index is -3.57. The molecule has 0 spiro atoms. The van der Waals surface area contributed by atoms with E-state index >= 15 is 0 Å². The van der Waals surface area contributed by atoms with E-state index in [1.54, 1.807) is 19.1 Å². The van der Waals surface area contributed by atoms with Crippen molar-refractivity contribution in [2.45, 2.75) is 6.92 Å². The Balaban J connectivity index is 3.07. The molecule has 0 unspecified atom stereocenters. The van der Waals surface area contributed by atoms with Crippen molar-refractivity contribution >= 4 is 53.4 Å². The summed E-state index contributed by atoms with van der Waals surface area (Å²) in [7, 11) is -3.57. The molecule has 0 bridgehead atoms. The molecule has 16 heavy (non-hydrogen) atoms. The van der Waals surface area contributed by atoms with Crippen molar-refractivity contribution in [1.82, 2.24) is 4.72 Å². The van der Waals surface area contributed by atoms with Crippen LogP contribution in [0, 0.1) is 0 Å². The lowest BCUT2D eigenvalue weighted by atomic mass is 10.3. The quantitative estimate of drug-likeness (QED) is 0.707. The van der Waals surface area contributed by atoms with E-state index in [2.05, 4.69) is 41.3 Å². The number of nitrogens with one attached hydrogen (secondary N) is 2. The van der Waals surface area contributed by atoms with Gasteiger partial charge in [0.15, 0.2) is 0 Å². The molecular weight excluding hydrogens is 362 g/mol. The molecule has 0 aliphatic rings. The molecule has 0 aliphatic heterocycles. The van der Waals surface area contributed by atoms with Crippen LogP contribution in [-0.4, -0.2) is 15.0 Å². The van der Waals surface area contributed by atoms with Crippen molar-refractivity contribution < 1.29 is 8.42 Å². The van der Waals surface area contributed by atoms with E-state index in [1.165, 1.54) is 0 Å². The summed E-state index contributed by atoms with van der Waals surface area (Å²) in [6.45, 7) is 2.00. The third-order valence-electron chi connectivity index (χ3n) is 1.66. The summed E-state index contributed by atoms with van der Waals surface area (Å²) in [4.78, 5) is 0. The zero-order valence-corrected chi connectivity index (χ0v) is 12.4. The fraction of sp³-hybridized carbons (Fsp3) is 0.250. The van der Waals surface area contributed by atoms with E-state index in [4.69, 9.17) is 5.73 Å². The Morgan fingerprint density at radius 3 is 2.50 bits per heavy atom. The standard InChI is InChI=1S/C8H11Br2N3O2S/c1-2-12-16(14,15)13-8-6(10)3-5(9)4-7(8)11/h3-4,12-13H,2,11H2,1H3. The monoisotopic (exact) mass is 371 g/mol. The second-order valence-corrected chi connectivity index (χ2v) is 6.22. The summed E-state index contributed by atoms with van der Waals surface area (Å²) in [5.74, 6) is 0. The van der Waals surface area contributed by atoms with Gasteiger partial charge in [-0.15, -0.1) is 0 Å². The fourth-order valence-electron chi connectivity index (χ4n) is 1.06. The highest BCUT2D eigenvalue weighted by molar-refractivity contribution is 9.11. The minimum Gasteiger partial charge on any atom is -0.397 e. The molecule has 0 fully saturated rings. The first-order valence-corrected chi connectivity index (χ1v) is 7.44. The molecule has 1 aromatic rings. The van der Waals surface area contributed by atoms with Gasteiger partial charge >= 0.3 is 0 Å². The number of hydrogen-bond donors (Lipinski definition) is 3. The van der Waals surface area contributed by atoms with Crippen LogP contribution >= 0.6 is 31.9 Å². The van der Waals surface area contributed by atoms with Gasteiger partial charge in [0, 0.05) is 15.5 Å². The van der Waals surface area contributed by atoms with E-state index < -0.39 is 10.2 Å². The van der Waals surface area contributed by atoms with E-state index in [-0.39, 0.29) is 0 Å². The third-order valence-corrected chi connectivity index (χ3v) is 3.88. The molecule has 0 saturated carbocycles. The van der Waals surface area contributed by atoms with Crippen LogP contribution in [0.15, 0.2) is 21.1 Å². The number of benzene rings is 1. The second kappa shape index (κ2) is 5.35. The first-order chi connectivity index (χ1) is 7.35. The molecule has 4 N–H and O–H groups in total. The Morgan fingerprint density at radius 1 is 1.38 bits per heavy atom. The average Bonchev–Trinajstić information content (AvgIpc) is 2.11. The molecule has 0 amide bonds. The molecule has 0 heterocycles. The number of anilines is 2. The number of halogens is 2. The lowest BCUT2D eigenvalue weighted by Crippen LogP contribution is -2.30. The average molecular weight is 373 g/mol. The first kappa shape index (κ1) is 13.8. The maximum Gasteiger partial charge on any atom is 0.299 e. The zero-order chi connectivity index (χ0) is 12.3. The van der Waals surface area contributed by atoms with Crippen LogP contribution < -0.4 is 15.2 Å². The molecule has 90 valence electrons.